The molecule has 0 spiro atoms. The second-order valence-electron chi connectivity index (χ2n) is 10.8. The summed E-state index contributed by atoms with van der Waals surface area (Å²) in [6, 6.07) is 31.0. The Morgan fingerprint density at radius 1 is 0.711 bits per heavy atom. The van der Waals surface area contributed by atoms with Gasteiger partial charge in [0.2, 0.25) is 6.71 Å². The van der Waals surface area contributed by atoms with Gasteiger partial charge in [-0.1, -0.05) is 54.3 Å². The summed E-state index contributed by atoms with van der Waals surface area (Å²) in [5, 5.41) is 0. The smallest absolute Gasteiger partial charge is 0.512 e. The Bertz CT molecular complexity index is 1870. The number of rotatable bonds is 1. The third-order valence-electron chi connectivity index (χ3n) is 8.54. The molecule has 4 heteroatoms. The largest absolute Gasteiger partial charge is 1.00 e. The van der Waals surface area contributed by atoms with Crippen molar-refractivity contribution in [3.05, 3.63) is 112 Å². The first-order valence-corrected chi connectivity index (χ1v) is 13.0. The van der Waals surface area contributed by atoms with E-state index in [1.54, 1.807) is 0 Å². The minimum absolute atomic E-state index is 0. The van der Waals surface area contributed by atoms with Gasteiger partial charge in [-0.15, -0.1) is 17.7 Å². The summed E-state index contributed by atoms with van der Waals surface area (Å²) >= 11 is 0. The normalized spacial score (nSPS) is 14.0. The minimum atomic E-state index is 0. The van der Waals surface area contributed by atoms with E-state index in [1.165, 1.54) is 55.4 Å². The first-order valence-electron chi connectivity index (χ1n) is 13.0. The van der Waals surface area contributed by atoms with Crippen molar-refractivity contribution in [1.29, 1.82) is 0 Å². The van der Waals surface area contributed by atoms with E-state index in [0.29, 0.717) is 0 Å². The first kappa shape index (κ1) is 22.4. The fourth-order valence-corrected chi connectivity index (χ4v) is 7.01. The van der Waals surface area contributed by atoms with Gasteiger partial charge in [-0.05, 0) is 64.6 Å². The van der Waals surface area contributed by atoms with Gasteiger partial charge in [0.25, 0.3) is 0 Å². The molecular formula is C34H21BLiO2-. The quantitative estimate of drug-likeness (QED) is 0.267. The van der Waals surface area contributed by atoms with Crippen molar-refractivity contribution >= 4 is 23.1 Å². The van der Waals surface area contributed by atoms with E-state index in [-0.39, 0.29) is 25.6 Å². The van der Waals surface area contributed by atoms with Gasteiger partial charge in [0.15, 0.2) is 0 Å². The number of hydrogen-bond donors (Lipinski definition) is 0. The van der Waals surface area contributed by atoms with Crippen LogP contribution in [0.25, 0.3) is 22.3 Å². The molecule has 9 rings (SSSR count). The molecule has 0 saturated heterocycles. The van der Waals surface area contributed by atoms with E-state index in [9.17, 15) is 0 Å². The van der Waals surface area contributed by atoms with Crippen molar-refractivity contribution in [1.82, 2.24) is 0 Å². The van der Waals surface area contributed by atoms with Crippen LogP contribution in [0.3, 0.4) is 0 Å². The summed E-state index contributed by atoms with van der Waals surface area (Å²) in [4.78, 5) is 0. The molecule has 38 heavy (non-hydrogen) atoms. The third-order valence-corrected chi connectivity index (χ3v) is 8.54. The molecule has 174 valence electrons. The summed E-state index contributed by atoms with van der Waals surface area (Å²) in [5.74, 6) is 3.69. The first-order chi connectivity index (χ1) is 18.1. The summed E-state index contributed by atoms with van der Waals surface area (Å²) in [6.45, 7) is 4.38. The van der Waals surface area contributed by atoms with Crippen molar-refractivity contribution in [2.24, 2.45) is 0 Å². The molecule has 0 N–H and O–H groups in total. The van der Waals surface area contributed by atoms with Gasteiger partial charge >= 0.3 is 18.9 Å². The molecule has 0 aromatic heterocycles. The Morgan fingerprint density at radius 3 is 2.47 bits per heavy atom. The van der Waals surface area contributed by atoms with E-state index in [0.717, 1.165) is 52.4 Å². The predicted octanol–water partition coefficient (Wildman–Crippen LogP) is 2.78. The van der Waals surface area contributed by atoms with E-state index in [1.807, 2.05) is 12.1 Å². The predicted molar refractivity (Wildman–Crippen MR) is 148 cm³/mol. The van der Waals surface area contributed by atoms with Crippen molar-refractivity contribution in [2.45, 2.75) is 26.7 Å². The van der Waals surface area contributed by atoms with E-state index in [2.05, 4.69) is 80.6 Å². The molecule has 3 aliphatic heterocycles. The second-order valence-corrected chi connectivity index (χ2v) is 10.8. The number of hydrogen-bond acceptors (Lipinski definition) is 2. The summed E-state index contributed by atoms with van der Waals surface area (Å²) in [6.07, 6.45) is 1.85. The number of benzene rings is 5. The van der Waals surface area contributed by atoms with Gasteiger partial charge in [0.1, 0.15) is 11.5 Å². The Hall–Kier alpha value is -3.64. The average Bonchev–Trinajstić information content (AvgIpc) is 3.26. The molecule has 0 atom stereocenters. The molecule has 0 fully saturated rings. The van der Waals surface area contributed by atoms with E-state index in [4.69, 9.17) is 9.47 Å². The third kappa shape index (κ3) is 2.81. The molecule has 5 aromatic rings. The van der Waals surface area contributed by atoms with Gasteiger partial charge in [-0.25, -0.2) is 5.56 Å². The Balaban J connectivity index is 0.00000225. The maximum Gasteiger partial charge on any atom is 1.00 e. The van der Waals surface area contributed by atoms with Gasteiger partial charge in [-0.2, -0.15) is 29.8 Å². The molecule has 0 amide bonds. The summed E-state index contributed by atoms with van der Waals surface area (Å²) < 4.78 is 13.6. The van der Waals surface area contributed by atoms with Crippen LogP contribution in [0.2, 0.25) is 0 Å². The molecule has 0 radical (unpaired) electrons. The molecule has 1 aliphatic carbocycles. The van der Waals surface area contributed by atoms with Crippen LogP contribution in [0.15, 0.2) is 66.7 Å². The van der Waals surface area contributed by atoms with Crippen LogP contribution in [-0.4, -0.2) is 6.71 Å². The molecule has 0 bridgehead atoms. The Morgan fingerprint density at radius 2 is 1.58 bits per heavy atom. The second kappa shape index (κ2) is 7.70. The maximum atomic E-state index is 7.08. The standard InChI is InChI=1S/C34H21BO2.Li/c1-18-5-3-6-20(13-18)25-11-12-28-32-33(25)37-34-29-23(15-21-10-9-19(2)14-26(21)29)17-24-16-22-7-4-8-27(36-28)30(22)35(32)31(24)34;/h3-5,7-10,12-14,17H,15-16H2,1-2H3;/q-2;+1. The summed E-state index contributed by atoms with van der Waals surface area (Å²) in [5.41, 5.74) is 16.2. The van der Waals surface area contributed by atoms with Crippen LogP contribution in [0.1, 0.15) is 33.4 Å². The monoisotopic (exact) mass is 479 g/mol. The van der Waals surface area contributed by atoms with Crippen LogP contribution in [0, 0.1) is 26.0 Å². The molecule has 0 saturated carbocycles. The number of ether oxygens (including phenoxy) is 2. The van der Waals surface area contributed by atoms with Gasteiger partial charge in [0, 0.05) is 17.1 Å². The fourth-order valence-electron chi connectivity index (χ4n) is 7.01. The topological polar surface area (TPSA) is 18.5 Å². The molecule has 0 unspecified atom stereocenters. The van der Waals surface area contributed by atoms with Crippen molar-refractivity contribution in [3.63, 3.8) is 0 Å². The molecule has 5 aromatic carbocycles. The van der Waals surface area contributed by atoms with Crippen molar-refractivity contribution < 1.29 is 28.3 Å². The minimum Gasteiger partial charge on any atom is -0.512 e. The zero-order valence-corrected chi connectivity index (χ0v) is 21.7. The van der Waals surface area contributed by atoms with Crippen LogP contribution >= 0.6 is 0 Å². The summed E-state index contributed by atoms with van der Waals surface area (Å²) in [7, 11) is 0. The number of fused-ring (bicyclic) bond motifs is 4. The maximum absolute atomic E-state index is 7.08. The molecular weight excluding hydrogens is 458 g/mol. The van der Waals surface area contributed by atoms with Crippen molar-refractivity contribution in [2.75, 3.05) is 0 Å². The SMILES string of the molecule is Cc1cc[c-]c(-c2[c-]cc3c4c2Oc2c5c(cc6c2-c2cc(C)ccc2C6)Cc2cccc(c2B54)O3)c1.[Li+]. The van der Waals surface area contributed by atoms with Crippen LogP contribution < -0.4 is 44.7 Å². The van der Waals surface area contributed by atoms with Crippen LogP contribution in [-0.2, 0) is 12.8 Å². The molecule has 3 heterocycles. The zero-order chi connectivity index (χ0) is 24.4. The number of aryl methyl sites for hydroxylation is 2. The van der Waals surface area contributed by atoms with Gasteiger partial charge in [0.05, 0.1) is 0 Å². The Labute approximate surface area is 234 Å². The van der Waals surface area contributed by atoms with Crippen LogP contribution in [0.5, 0.6) is 23.0 Å². The Kier molecular flexibility index (Phi) is 4.53. The van der Waals surface area contributed by atoms with E-state index >= 15 is 0 Å². The zero-order valence-electron chi connectivity index (χ0n) is 21.7. The molecule has 4 aliphatic rings. The fraction of sp³-hybridized carbons (Fsp3) is 0.118. The van der Waals surface area contributed by atoms with E-state index < -0.39 is 0 Å². The van der Waals surface area contributed by atoms with Crippen LogP contribution in [0.4, 0.5) is 0 Å². The van der Waals surface area contributed by atoms with Crippen molar-refractivity contribution in [3.8, 4) is 45.3 Å². The van der Waals surface area contributed by atoms with Gasteiger partial charge < -0.3 is 9.47 Å². The average molecular weight is 479 g/mol. The van der Waals surface area contributed by atoms with Gasteiger partial charge in [-0.3, -0.25) is 0 Å². The molecule has 2 nitrogen and oxygen atoms in total.